The number of hydrogen-bond acceptors (Lipinski definition) is 2. The average molecular weight is 290 g/mol. The molecule has 0 aliphatic heterocycles. The molecule has 2 aromatic rings. The van der Waals surface area contributed by atoms with E-state index in [1.165, 1.54) is 0 Å². The van der Waals surface area contributed by atoms with Crippen LogP contribution >= 0.6 is 11.6 Å². The SMILES string of the molecule is COCc1cccc(NC(=O)Cc2ccc(Cl)cc2)c1. The van der Waals surface area contributed by atoms with Crippen LogP contribution in [0.3, 0.4) is 0 Å². The number of amides is 1. The Balaban J connectivity index is 1.97. The lowest BCUT2D eigenvalue weighted by atomic mass is 10.1. The van der Waals surface area contributed by atoms with Gasteiger partial charge in [0.1, 0.15) is 0 Å². The number of anilines is 1. The smallest absolute Gasteiger partial charge is 0.228 e. The van der Waals surface area contributed by atoms with E-state index in [0.29, 0.717) is 18.1 Å². The summed E-state index contributed by atoms with van der Waals surface area (Å²) in [7, 11) is 1.64. The Morgan fingerprint density at radius 2 is 1.90 bits per heavy atom. The van der Waals surface area contributed by atoms with Crippen molar-refractivity contribution in [3.63, 3.8) is 0 Å². The molecule has 0 saturated heterocycles. The first-order valence-electron chi connectivity index (χ1n) is 6.29. The fourth-order valence-electron chi connectivity index (χ4n) is 1.90. The lowest BCUT2D eigenvalue weighted by Gasteiger charge is -2.07. The van der Waals surface area contributed by atoms with Crippen molar-refractivity contribution in [2.45, 2.75) is 13.0 Å². The maximum absolute atomic E-state index is 12.0. The first-order valence-corrected chi connectivity index (χ1v) is 6.67. The van der Waals surface area contributed by atoms with Crippen LogP contribution in [-0.4, -0.2) is 13.0 Å². The zero-order valence-electron chi connectivity index (χ0n) is 11.2. The van der Waals surface area contributed by atoms with Crippen LogP contribution in [0.2, 0.25) is 5.02 Å². The van der Waals surface area contributed by atoms with Gasteiger partial charge in [-0.25, -0.2) is 0 Å². The van der Waals surface area contributed by atoms with Crippen molar-refractivity contribution >= 4 is 23.2 Å². The van der Waals surface area contributed by atoms with Crippen LogP contribution in [0.25, 0.3) is 0 Å². The van der Waals surface area contributed by atoms with Gasteiger partial charge in [-0.2, -0.15) is 0 Å². The summed E-state index contributed by atoms with van der Waals surface area (Å²) in [6.07, 6.45) is 0.325. The molecule has 0 bridgehead atoms. The minimum absolute atomic E-state index is 0.0538. The van der Waals surface area contributed by atoms with Crippen LogP contribution in [0.15, 0.2) is 48.5 Å². The van der Waals surface area contributed by atoms with Gasteiger partial charge in [-0.15, -0.1) is 0 Å². The van der Waals surface area contributed by atoms with E-state index in [9.17, 15) is 4.79 Å². The van der Waals surface area contributed by atoms with Crippen LogP contribution < -0.4 is 5.32 Å². The highest BCUT2D eigenvalue weighted by molar-refractivity contribution is 6.30. The Kier molecular flexibility index (Phi) is 5.16. The normalized spacial score (nSPS) is 10.3. The zero-order valence-corrected chi connectivity index (χ0v) is 12.0. The maximum Gasteiger partial charge on any atom is 0.228 e. The van der Waals surface area contributed by atoms with Gasteiger partial charge in [0.05, 0.1) is 13.0 Å². The minimum Gasteiger partial charge on any atom is -0.380 e. The summed E-state index contributed by atoms with van der Waals surface area (Å²) in [5.41, 5.74) is 2.73. The molecule has 20 heavy (non-hydrogen) atoms. The van der Waals surface area contributed by atoms with Gasteiger partial charge in [-0.1, -0.05) is 35.9 Å². The number of methoxy groups -OCH3 is 1. The summed E-state index contributed by atoms with van der Waals surface area (Å²) in [5, 5.41) is 3.54. The van der Waals surface area contributed by atoms with Crippen molar-refractivity contribution < 1.29 is 9.53 Å². The van der Waals surface area contributed by atoms with Crippen molar-refractivity contribution in [2.24, 2.45) is 0 Å². The molecule has 1 amide bonds. The summed E-state index contributed by atoms with van der Waals surface area (Å²) >= 11 is 5.81. The van der Waals surface area contributed by atoms with Gasteiger partial charge in [0.15, 0.2) is 0 Å². The van der Waals surface area contributed by atoms with Crippen LogP contribution in [0.4, 0.5) is 5.69 Å². The number of benzene rings is 2. The van der Waals surface area contributed by atoms with Crippen molar-refractivity contribution in [3.05, 3.63) is 64.7 Å². The van der Waals surface area contributed by atoms with Gasteiger partial charge in [0.25, 0.3) is 0 Å². The van der Waals surface area contributed by atoms with Crippen molar-refractivity contribution in [2.75, 3.05) is 12.4 Å². The molecule has 0 spiro atoms. The number of nitrogens with one attached hydrogen (secondary N) is 1. The van der Waals surface area contributed by atoms with Crippen molar-refractivity contribution in [3.8, 4) is 0 Å². The second-order valence-electron chi connectivity index (χ2n) is 4.48. The van der Waals surface area contributed by atoms with Crippen LogP contribution in [0, 0.1) is 0 Å². The molecule has 0 heterocycles. The third-order valence-corrected chi connectivity index (χ3v) is 3.05. The molecule has 2 rings (SSSR count). The highest BCUT2D eigenvalue weighted by atomic mass is 35.5. The van der Waals surface area contributed by atoms with Crippen LogP contribution in [-0.2, 0) is 22.6 Å². The first-order chi connectivity index (χ1) is 9.67. The van der Waals surface area contributed by atoms with E-state index in [1.807, 2.05) is 36.4 Å². The standard InChI is InChI=1S/C16H16ClNO2/c1-20-11-13-3-2-4-15(9-13)18-16(19)10-12-5-7-14(17)8-6-12/h2-9H,10-11H2,1H3,(H,18,19). The quantitative estimate of drug-likeness (QED) is 0.912. The Bertz CT molecular complexity index is 581. The number of rotatable bonds is 5. The van der Waals surface area contributed by atoms with E-state index in [1.54, 1.807) is 19.2 Å². The van der Waals surface area contributed by atoms with E-state index in [0.717, 1.165) is 16.8 Å². The number of hydrogen-bond donors (Lipinski definition) is 1. The summed E-state index contributed by atoms with van der Waals surface area (Å²) in [4.78, 5) is 12.0. The molecule has 0 atom stereocenters. The minimum atomic E-state index is -0.0538. The summed E-state index contributed by atoms with van der Waals surface area (Å²) in [6.45, 7) is 0.529. The van der Waals surface area contributed by atoms with Gasteiger partial charge in [-0.3, -0.25) is 4.79 Å². The fraction of sp³-hybridized carbons (Fsp3) is 0.188. The Morgan fingerprint density at radius 3 is 2.60 bits per heavy atom. The molecule has 0 radical (unpaired) electrons. The molecule has 3 nitrogen and oxygen atoms in total. The number of carbonyl (C=O) groups excluding carboxylic acids is 1. The lowest BCUT2D eigenvalue weighted by Crippen LogP contribution is -2.14. The molecule has 104 valence electrons. The van der Waals surface area contributed by atoms with Crippen LogP contribution in [0.5, 0.6) is 0 Å². The van der Waals surface area contributed by atoms with Crippen molar-refractivity contribution in [1.82, 2.24) is 0 Å². The molecule has 4 heteroatoms. The highest BCUT2D eigenvalue weighted by Crippen LogP contribution is 2.13. The Hall–Kier alpha value is -1.84. The molecular weight excluding hydrogens is 274 g/mol. The molecule has 0 aliphatic rings. The second-order valence-corrected chi connectivity index (χ2v) is 4.92. The molecule has 0 saturated carbocycles. The van der Waals surface area contributed by atoms with E-state index >= 15 is 0 Å². The predicted octanol–water partition coefficient (Wildman–Crippen LogP) is 3.67. The van der Waals surface area contributed by atoms with Gasteiger partial charge in [0.2, 0.25) is 5.91 Å². The molecule has 1 N–H and O–H groups in total. The Labute approximate surface area is 123 Å². The van der Waals surface area contributed by atoms with Gasteiger partial charge in [0, 0.05) is 17.8 Å². The van der Waals surface area contributed by atoms with E-state index in [4.69, 9.17) is 16.3 Å². The molecule has 0 aliphatic carbocycles. The molecular formula is C16H16ClNO2. The van der Waals surface area contributed by atoms with E-state index in [-0.39, 0.29) is 5.91 Å². The second kappa shape index (κ2) is 7.08. The molecule has 2 aromatic carbocycles. The predicted molar refractivity (Wildman–Crippen MR) is 80.9 cm³/mol. The summed E-state index contributed by atoms with van der Waals surface area (Å²) < 4.78 is 5.07. The largest absolute Gasteiger partial charge is 0.380 e. The van der Waals surface area contributed by atoms with Crippen molar-refractivity contribution in [1.29, 1.82) is 0 Å². The van der Waals surface area contributed by atoms with E-state index in [2.05, 4.69) is 5.32 Å². The third-order valence-electron chi connectivity index (χ3n) is 2.80. The monoisotopic (exact) mass is 289 g/mol. The molecule has 0 unspecified atom stereocenters. The molecule has 0 fully saturated rings. The van der Waals surface area contributed by atoms with Crippen LogP contribution in [0.1, 0.15) is 11.1 Å². The Morgan fingerprint density at radius 1 is 1.15 bits per heavy atom. The zero-order chi connectivity index (χ0) is 14.4. The lowest BCUT2D eigenvalue weighted by molar-refractivity contribution is -0.115. The first kappa shape index (κ1) is 14.6. The third kappa shape index (κ3) is 4.37. The number of ether oxygens (including phenoxy) is 1. The maximum atomic E-state index is 12.0. The summed E-state index contributed by atoms with van der Waals surface area (Å²) in [5.74, 6) is -0.0538. The highest BCUT2D eigenvalue weighted by Gasteiger charge is 2.04. The van der Waals surface area contributed by atoms with E-state index < -0.39 is 0 Å². The number of carbonyl (C=O) groups is 1. The van der Waals surface area contributed by atoms with Gasteiger partial charge in [-0.05, 0) is 35.4 Å². The fourth-order valence-corrected chi connectivity index (χ4v) is 2.02. The number of halogens is 1. The average Bonchev–Trinajstić information content (AvgIpc) is 2.42. The molecule has 0 aromatic heterocycles. The summed E-state index contributed by atoms with van der Waals surface area (Å²) in [6, 6.07) is 14.9. The topological polar surface area (TPSA) is 38.3 Å². The van der Waals surface area contributed by atoms with Gasteiger partial charge >= 0.3 is 0 Å². The van der Waals surface area contributed by atoms with Gasteiger partial charge < -0.3 is 10.1 Å².